The summed E-state index contributed by atoms with van der Waals surface area (Å²) in [7, 11) is -4.63. The molecule has 2 aromatic heterocycles. The van der Waals surface area contributed by atoms with E-state index in [1.165, 1.54) is 39.9 Å². The van der Waals surface area contributed by atoms with Crippen molar-refractivity contribution in [2.75, 3.05) is 69.1 Å². The van der Waals surface area contributed by atoms with Crippen LogP contribution in [-0.2, 0) is 26.2 Å². The summed E-state index contributed by atoms with van der Waals surface area (Å²) in [5.74, 6) is 5.10. The number of rotatable bonds is 19. The van der Waals surface area contributed by atoms with E-state index in [9.17, 15) is 37.7 Å². The molecule has 21 heteroatoms. The summed E-state index contributed by atoms with van der Waals surface area (Å²) in [4.78, 5) is 79.4. The Morgan fingerprint density at radius 2 is 1.76 bits per heavy atom. The molecule has 0 saturated carbocycles. The van der Waals surface area contributed by atoms with E-state index in [0.29, 0.717) is 61.5 Å². The van der Waals surface area contributed by atoms with Gasteiger partial charge in [-0.25, -0.2) is 18.1 Å². The van der Waals surface area contributed by atoms with E-state index in [-0.39, 0.29) is 46.6 Å². The number of hydrogen-bond acceptors (Lipinski definition) is 14. The van der Waals surface area contributed by atoms with Gasteiger partial charge < -0.3 is 29.7 Å². The highest BCUT2D eigenvalue weighted by Crippen LogP contribution is 2.44. The van der Waals surface area contributed by atoms with Crippen LogP contribution in [0.5, 0.6) is 11.5 Å². The van der Waals surface area contributed by atoms with Crippen LogP contribution in [-0.4, -0.2) is 127 Å². The summed E-state index contributed by atoms with van der Waals surface area (Å²) < 4.78 is 36.6. The minimum Gasteiger partial charge on any atom is -0.455 e. The van der Waals surface area contributed by atoms with Crippen LogP contribution in [0.25, 0.3) is 16.6 Å². The lowest BCUT2D eigenvalue weighted by Crippen LogP contribution is -2.52. The molecule has 2 unspecified atom stereocenters. The number of nitrogens with zero attached hydrogens (tertiary/aromatic N) is 6. The van der Waals surface area contributed by atoms with Crippen LogP contribution in [0.3, 0.4) is 0 Å². The number of anilines is 2. The number of nitro groups is 1. The zero-order chi connectivity index (χ0) is 60.1. The summed E-state index contributed by atoms with van der Waals surface area (Å²) in [6.07, 6.45) is 12.3. The molecule has 19 nitrogen and oxygen atoms in total. The number of pyridine rings is 1. The molecule has 3 fully saturated rings. The van der Waals surface area contributed by atoms with Gasteiger partial charge in [-0.15, -0.1) is 0 Å². The first-order valence-corrected chi connectivity index (χ1v) is 31.6. The standard InChI is InChI=1S/C65H71ClN10O9S/c1-65(2)26-24-47(54(37-65)44-14-16-49(66)17-15-44)41-73-30-32-74(33-31-73)50-18-20-53(58(35-50)85-51-34-46-25-27-67-61(46)69-39-51)62(78)71-86(83,84)52-19-21-55(57(36-52)76(81)82)68-38-43-10-9-29-72(40-43)28-7-5-3-4-6-11-45-12-8-13-48-42-75(64(80)60(45)48)56-22-23-59(77)70-63(56)79/h8,12-21,25,27,34-36,39,43,56,68H,3-5,7,9-10,22-24,26,28-33,37-38,40-42H2,1-2H3,(H,67,69)(H,71,78)(H,70,77,79). The molecule has 1 aliphatic carbocycles. The van der Waals surface area contributed by atoms with E-state index in [4.69, 9.17) is 16.3 Å². The van der Waals surface area contributed by atoms with E-state index in [1.807, 2.05) is 36.4 Å². The van der Waals surface area contributed by atoms with Gasteiger partial charge in [-0.05, 0) is 147 Å². The smallest absolute Gasteiger partial charge is 0.293 e. The average molecular weight is 1200 g/mol. The first-order valence-electron chi connectivity index (χ1n) is 29.7. The molecule has 6 heterocycles. The molecule has 6 aromatic rings. The lowest BCUT2D eigenvalue weighted by molar-refractivity contribution is -0.384. The lowest BCUT2D eigenvalue weighted by atomic mass is 9.72. The number of amides is 4. The second-order valence-electron chi connectivity index (χ2n) is 24.0. The Labute approximate surface area is 506 Å². The van der Waals surface area contributed by atoms with Crippen LogP contribution >= 0.6 is 11.6 Å². The molecule has 4 N–H and O–H groups in total. The zero-order valence-electron chi connectivity index (χ0n) is 48.5. The molecule has 0 spiro atoms. The van der Waals surface area contributed by atoms with Gasteiger partial charge in [-0.2, -0.15) is 0 Å². The number of aromatic nitrogens is 2. The second-order valence-corrected chi connectivity index (χ2v) is 26.1. The number of allylic oxidation sites excluding steroid dienone is 1. The Morgan fingerprint density at radius 3 is 2.56 bits per heavy atom. The molecule has 0 radical (unpaired) electrons. The fourth-order valence-corrected chi connectivity index (χ4v) is 13.7. The van der Waals surface area contributed by atoms with Crippen molar-refractivity contribution in [1.29, 1.82) is 0 Å². The number of H-pyrrole nitrogens is 1. The number of aromatic amines is 1. The second kappa shape index (κ2) is 25.9. The number of halogens is 1. The van der Waals surface area contributed by atoms with Gasteiger partial charge in [0, 0.05) is 105 Å². The predicted molar refractivity (Wildman–Crippen MR) is 331 cm³/mol. The fourth-order valence-electron chi connectivity index (χ4n) is 12.6. The van der Waals surface area contributed by atoms with Gasteiger partial charge in [0.2, 0.25) is 11.8 Å². The van der Waals surface area contributed by atoms with E-state index >= 15 is 0 Å². The van der Waals surface area contributed by atoms with Crippen molar-refractivity contribution < 1.29 is 37.3 Å². The number of piperidine rings is 2. The van der Waals surface area contributed by atoms with Gasteiger partial charge >= 0.3 is 0 Å². The van der Waals surface area contributed by atoms with Gasteiger partial charge in [0.05, 0.1) is 27.1 Å². The van der Waals surface area contributed by atoms with Crippen molar-refractivity contribution in [2.45, 2.75) is 102 Å². The highest BCUT2D eigenvalue weighted by atomic mass is 35.5. The van der Waals surface area contributed by atoms with Crippen LogP contribution in [0.2, 0.25) is 5.02 Å². The van der Waals surface area contributed by atoms with Crippen molar-refractivity contribution in [3.05, 3.63) is 152 Å². The van der Waals surface area contributed by atoms with Crippen molar-refractivity contribution >= 4 is 78.9 Å². The van der Waals surface area contributed by atoms with Gasteiger partial charge in [-0.3, -0.25) is 39.5 Å². The molecule has 11 rings (SSSR count). The number of benzene rings is 4. The third kappa shape index (κ3) is 13.9. The van der Waals surface area contributed by atoms with E-state index in [1.54, 1.807) is 30.5 Å². The maximum Gasteiger partial charge on any atom is 0.293 e. The van der Waals surface area contributed by atoms with Gasteiger partial charge in [0.15, 0.2) is 0 Å². The Kier molecular flexibility index (Phi) is 17.9. The average Bonchev–Trinajstić information content (AvgIpc) is 3.37. The number of likely N-dealkylation sites (tertiary alicyclic amines) is 1. The molecule has 448 valence electrons. The quantitative estimate of drug-likeness (QED) is 0.0194. The Bertz CT molecular complexity index is 3810. The number of nitrogens with one attached hydrogen (secondary N) is 4. The van der Waals surface area contributed by atoms with Crippen LogP contribution in [0, 0.1) is 33.3 Å². The summed E-state index contributed by atoms with van der Waals surface area (Å²) in [5, 5.41) is 19.6. The molecule has 4 aliphatic heterocycles. The molecule has 86 heavy (non-hydrogen) atoms. The molecule has 4 amide bonds. The number of fused-ring (bicyclic) bond motifs is 2. The van der Waals surface area contributed by atoms with Crippen LogP contribution in [0.4, 0.5) is 17.1 Å². The third-order valence-corrected chi connectivity index (χ3v) is 18.9. The monoisotopic (exact) mass is 1200 g/mol. The lowest BCUT2D eigenvalue weighted by Gasteiger charge is -2.39. The SMILES string of the molecule is CC1(C)CCC(CN2CCN(c3ccc(C(=O)NS(=O)(=O)c4ccc(NCC5CCCN(CCCCCC#Cc6cccc7c6C(=O)N(C6CCC(=O)NC6=O)C7)C5)c([N+](=O)[O-])c4)c(Oc4cnc5[nH]ccc5c4)c3)CC2)=C(c2ccc(Cl)cc2)C1. The first-order chi connectivity index (χ1) is 41.4. The number of carbonyl (C=O) groups is 4. The van der Waals surface area contributed by atoms with Gasteiger partial charge in [-0.1, -0.05) is 73.5 Å². The number of sulfonamides is 1. The molecule has 3 saturated heterocycles. The Morgan fingerprint density at radius 1 is 0.930 bits per heavy atom. The first kappa shape index (κ1) is 59.6. The zero-order valence-corrected chi connectivity index (χ0v) is 50.0. The molecule has 0 bridgehead atoms. The van der Waals surface area contributed by atoms with Crippen molar-refractivity contribution in [3.63, 3.8) is 0 Å². The third-order valence-electron chi connectivity index (χ3n) is 17.3. The maximum absolute atomic E-state index is 14.2. The summed E-state index contributed by atoms with van der Waals surface area (Å²) in [6, 6.07) is 25.3. The largest absolute Gasteiger partial charge is 0.455 e. The maximum atomic E-state index is 14.2. The highest BCUT2D eigenvalue weighted by Gasteiger charge is 2.40. The Balaban J connectivity index is 0.686. The molecule has 4 aromatic carbocycles. The minimum atomic E-state index is -4.63. The van der Waals surface area contributed by atoms with Gasteiger partial charge in [0.25, 0.3) is 27.5 Å². The molecule has 2 atom stereocenters. The number of piperazine rings is 1. The van der Waals surface area contributed by atoms with E-state index in [0.717, 1.165) is 118 Å². The van der Waals surface area contributed by atoms with Crippen molar-refractivity contribution in [1.82, 2.24) is 34.7 Å². The minimum absolute atomic E-state index is 0.0549. The molecule has 5 aliphatic rings. The molecular weight excluding hydrogens is 1130 g/mol. The van der Waals surface area contributed by atoms with Crippen molar-refractivity contribution in [3.8, 4) is 23.3 Å². The Hall–Kier alpha value is -8.09. The number of ether oxygens (including phenoxy) is 1. The van der Waals surface area contributed by atoms with Crippen LogP contribution in [0.15, 0.2) is 114 Å². The number of imide groups is 1. The van der Waals surface area contributed by atoms with E-state index in [2.05, 4.69) is 77.8 Å². The topological polar surface area (TPSA) is 233 Å². The number of carbonyl (C=O) groups excluding carboxylic acids is 4. The summed E-state index contributed by atoms with van der Waals surface area (Å²) in [6.45, 7) is 11.9. The molecular formula is C65H71ClN10O9S. The van der Waals surface area contributed by atoms with Gasteiger partial charge in [0.1, 0.15) is 28.9 Å². The number of hydrogen-bond donors (Lipinski definition) is 4. The van der Waals surface area contributed by atoms with Crippen LogP contribution < -0.4 is 25.0 Å². The van der Waals surface area contributed by atoms with Crippen LogP contribution in [0.1, 0.15) is 122 Å². The number of unbranched alkanes of at least 4 members (excludes halogenated alkanes) is 3. The normalized spacial score (nSPS) is 19.2. The fraction of sp³-hybridized carbons (Fsp3) is 0.400. The number of nitro benzene ring substituents is 1. The van der Waals surface area contributed by atoms with Crippen molar-refractivity contribution in [2.24, 2.45) is 11.3 Å². The van der Waals surface area contributed by atoms with E-state index < -0.39 is 43.4 Å². The summed E-state index contributed by atoms with van der Waals surface area (Å²) >= 11 is 6.27. The highest BCUT2D eigenvalue weighted by molar-refractivity contribution is 7.90. The summed E-state index contributed by atoms with van der Waals surface area (Å²) in [5.41, 5.74) is 7.40. The predicted octanol–water partition coefficient (Wildman–Crippen LogP) is 10.3.